The fraction of sp³-hybridized carbons (Fsp3) is 0.381. The number of carbonyl (C=O) groups is 2. The number of pyridine rings is 1. The first-order valence-electron chi connectivity index (χ1n) is 9.51. The van der Waals surface area contributed by atoms with Gasteiger partial charge in [0.2, 0.25) is 5.91 Å². The highest BCUT2D eigenvalue weighted by Crippen LogP contribution is 2.29. The molecular formula is C21H24N4O2. The van der Waals surface area contributed by atoms with Crippen LogP contribution in [0, 0.1) is 0 Å². The Labute approximate surface area is 158 Å². The molecule has 4 rings (SSSR count). The molecule has 2 aliphatic rings. The number of carbonyl (C=O) groups excluding carboxylic acids is 2. The molecule has 2 aliphatic heterocycles. The van der Waals surface area contributed by atoms with Crippen LogP contribution in [0.5, 0.6) is 0 Å². The van der Waals surface area contributed by atoms with Crippen molar-refractivity contribution in [1.29, 1.82) is 0 Å². The summed E-state index contributed by atoms with van der Waals surface area (Å²) in [6.07, 6.45) is 2.51. The molecule has 6 nitrogen and oxygen atoms in total. The Morgan fingerprint density at radius 1 is 1.15 bits per heavy atom. The zero-order valence-electron chi connectivity index (χ0n) is 15.2. The standard InChI is InChI=1S/C21H24N4O2/c22-19(15-4-2-1-3-5-15)21(27)25-12-9-14(10-13-25)17-7-6-16-18(24-17)8-11-23-20(16)26/h1-7,14,19H,8-13,22H2,(H,23,26)/t19-/m1/s1. The molecule has 3 N–H and O–H groups in total. The summed E-state index contributed by atoms with van der Waals surface area (Å²) in [5.41, 5.74) is 9.62. The number of likely N-dealkylation sites (tertiary alicyclic amines) is 1. The van der Waals surface area contributed by atoms with E-state index in [1.165, 1.54) is 0 Å². The molecule has 1 saturated heterocycles. The second-order valence-electron chi connectivity index (χ2n) is 7.22. The Hall–Kier alpha value is -2.73. The van der Waals surface area contributed by atoms with Crippen LogP contribution in [0.4, 0.5) is 0 Å². The average Bonchev–Trinajstić information content (AvgIpc) is 2.73. The smallest absolute Gasteiger partial charge is 0.253 e. The van der Waals surface area contributed by atoms with Crippen molar-refractivity contribution in [2.45, 2.75) is 31.2 Å². The van der Waals surface area contributed by atoms with E-state index in [-0.39, 0.29) is 11.8 Å². The maximum atomic E-state index is 12.7. The number of fused-ring (bicyclic) bond motifs is 1. The van der Waals surface area contributed by atoms with E-state index in [1.807, 2.05) is 47.4 Å². The lowest BCUT2D eigenvalue weighted by atomic mass is 9.91. The van der Waals surface area contributed by atoms with E-state index in [2.05, 4.69) is 5.32 Å². The number of nitrogens with one attached hydrogen (secondary N) is 1. The van der Waals surface area contributed by atoms with Crippen molar-refractivity contribution >= 4 is 11.8 Å². The lowest BCUT2D eigenvalue weighted by molar-refractivity contribution is -0.133. The minimum atomic E-state index is -0.608. The molecule has 2 aromatic rings. The summed E-state index contributed by atoms with van der Waals surface area (Å²) in [6.45, 7) is 2.01. The zero-order valence-corrected chi connectivity index (χ0v) is 15.2. The van der Waals surface area contributed by atoms with Gasteiger partial charge < -0.3 is 16.0 Å². The molecule has 6 heteroatoms. The van der Waals surface area contributed by atoms with Crippen LogP contribution in [-0.2, 0) is 11.2 Å². The number of benzene rings is 1. The summed E-state index contributed by atoms with van der Waals surface area (Å²) in [5, 5.41) is 2.84. The second kappa shape index (κ2) is 7.48. The zero-order chi connectivity index (χ0) is 18.8. The highest BCUT2D eigenvalue weighted by molar-refractivity contribution is 5.96. The van der Waals surface area contributed by atoms with E-state index >= 15 is 0 Å². The topological polar surface area (TPSA) is 88.3 Å². The van der Waals surface area contributed by atoms with Crippen LogP contribution < -0.4 is 11.1 Å². The first kappa shape index (κ1) is 17.7. The molecule has 0 unspecified atom stereocenters. The maximum absolute atomic E-state index is 12.7. The van der Waals surface area contributed by atoms with Crippen molar-refractivity contribution in [3.05, 3.63) is 65.0 Å². The molecule has 1 aromatic carbocycles. The molecule has 1 fully saturated rings. The molecule has 0 aliphatic carbocycles. The fourth-order valence-corrected chi connectivity index (χ4v) is 3.93. The number of rotatable bonds is 3. The van der Waals surface area contributed by atoms with Crippen LogP contribution in [0.25, 0.3) is 0 Å². The van der Waals surface area contributed by atoms with Gasteiger partial charge >= 0.3 is 0 Å². The van der Waals surface area contributed by atoms with Crippen LogP contribution in [0.15, 0.2) is 42.5 Å². The molecule has 3 heterocycles. The van der Waals surface area contributed by atoms with Gasteiger partial charge in [-0.25, -0.2) is 0 Å². The van der Waals surface area contributed by atoms with E-state index in [9.17, 15) is 9.59 Å². The first-order chi connectivity index (χ1) is 13.1. The SMILES string of the molecule is N[C@@H](C(=O)N1CCC(c2ccc3c(n2)CCNC3=O)CC1)c1ccccc1. The quantitative estimate of drug-likeness (QED) is 0.869. The summed E-state index contributed by atoms with van der Waals surface area (Å²) in [6, 6.07) is 12.7. The Morgan fingerprint density at radius 3 is 2.63 bits per heavy atom. The third-order valence-electron chi connectivity index (χ3n) is 5.54. The molecule has 1 aromatic heterocycles. The van der Waals surface area contributed by atoms with Gasteiger partial charge in [-0.1, -0.05) is 30.3 Å². The van der Waals surface area contributed by atoms with Crippen molar-refractivity contribution in [2.24, 2.45) is 5.73 Å². The van der Waals surface area contributed by atoms with Crippen molar-refractivity contribution in [3.63, 3.8) is 0 Å². The van der Waals surface area contributed by atoms with Gasteiger partial charge in [0.1, 0.15) is 6.04 Å². The monoisotopic (exact) mass is 364 g/mol. The fourth-order valence-electron chi connectivity index (χ4n) is 3.93. The lowest BCUT2D eigenvalue weighted by Gasteiger charge is -2.33. The van der Waals surface area contributed by atoms with Crippen LogP contribution >= 0.6 is 0 Å². The van der Waals surface area contributed by atoms with Crippen molar-refractivity contribution in [2.75, 3.05) is 19.6 Å². The Balaban J connectivity index is 1.40. The van der Waals surface area contributed by atoms with Crippen molar-refractivity contribution in [1.82, 2.24) is 15.2 Å². The van der Waals surface area contributed by atoms with E-state index < -0.39 is 6.04 Å². The maximum Gasteiger partial charge on any atom is 0.253 e. The predicted octanol–water partition coefficient (Wildman–Crippen LogP) is 1.77. The van der Waals surface area contributed by atoms with E-state index in [1.54, 1.807) is 0 Å². The third-order valence-corrected chi connectivity index (χ3v) is 5.54. The van der Waals surface area contributed by atoms with Gasteiger partial charge in [0.15, 0.2) is 0 Å². The third kappa shape index (κ3) is 3.57. The van der Waals surface area contributed by atoms with Crippen LogP contribution in [0.1, 0.15) is 52.1 Å². The Morgan fingerprint density at radius 2 is 1.89 bits per heavy atom. The molecule has 0 radical (unpaired) electrons. The van der Waals surface area contributed by atoms with Gasteiger partial charge in [0.25, 0.3) is 5.91 Å². The summed E-state index contributed by atoms with van der Waals surface area (Å²) in [5.74, 6) is 0.262. The molecule has 0 bridgehead atoms. The summed E-state index contributed by atoms with van der Waals surface area (Å²) in [4.78, 5) is 31.2. The van der Waals surface area contributed by atoms with Crippen LogP contribution in [0.3, 0.4) is 0 Å². The molecule has 140 valence electrons. The highest BCUT2D eigenvalue weighted by atomic mass is 16.2. The number of hydrogen-bond donors (Lipinski definition) is 2. The molecule has 27 heavy (non-hydrogen) atoms. The molecule has 2 amide bonds. The Kier molecular flexibility index (Phi) is 4.90. The summed E-state index contributed by atoms with van der Waals surface area (Å²) < 4.78 is 0. The van der Waals surface area contributed by atoms with Gasteiger partial charge in [0.05, 0.1) is 11.3 Å². The van der Waals surface area contributed by atoms with Gasteiger partial charge in [-0.05, 0) is 30.5 Å². The van der Waals surface area contributed by atoms with Crippen molar-refractivity contribution in [3.8, 4) is 0 Å². The molecular weight excluding hydrogens is 340 g/mol. The van der Waals surface area contributed by atoms with Gasteiger partial charge in [-0.2, -0.15) is 0 Å². The molecule has 0 saturated carbocycles. The minimum absolute atomic E-state index is 0.0188. The van der Waals surface area contributed by atoms with E-state index in [0.29, 0.717) is 31.1 Å². The molecule has 0 spiro atoms. The predicted molar refractivity (Wildman–Crippen MR) is 102 cm³/mol. The second-order valence-corrected chi connectivity index (χ2v) is 7.22. The number of amides is 2. The highest BCUT2D eigenvalue weighted by Gasteiger charge is 2.29. The number of piperidine rings is 1. The van der Waals surface area contributed by atoms with Crippen LogP contribution in [-0.4, -0.2) is 41.3 Å². The summed E-state index contributed by atoms with van der Waals surface area (Å²) in [7, 11) is 0. The van der Waals surface area contributed by atoms with Crippen molar-refractivity contribution < 1.29 is 9.59 Å². The summed E-state index contributed by atoms with van der Waals surface area (Å²) >= 11 is 0. The van der Waals surface area contributed by atoms with Gasteiger partial charge in [-0.3, -0.25) is 14.6 Å². The van der Waals surface area contributed by atoms with Crippen LogP contribution in [0.2, 0.25) is 0 Å². The molecule has 1 atom stereocenters. The van der Waals surface area contributed by atoms with Gasteiger partial charge in [-0.15, -0.1) is 0 Å². The average molecular weight is 364 g/mol. The largest absolute Gasteiger partial charge is 0.352 e. The van der Waals surface area contributed by atoms with Gasteiger partial charge in [0, 0.05) is 37.7 Å². The minimum Gasteiger partial charge on any atom is -0.352 e. The van der Waals surface area contributed by atoms with E-state index in [4.69, 9.17) is 10.7 Å². The number of aromatic nitrogens is 1. The lowest BCUT2D eigenvalue weighted by Crippen LogP contribution is -2.43. The number of nitrogens with zero attached hydrogens (tertiary/aromatic N) is 2. The van der Waals surface area contributed by atoms with E-state index in [0.717, 1.165) is 36.2 Å². The number of hydrogen-bond acceptors (Lipinski definition) is 4. The first-order valence-corrected chi connectivity index (χ1v) is 9.51. The number of nitrogens with two attached hydrogens (primary N) is 1. The Bertz CT molecular complexity index is 845. The normalized spacial score (nSPS) is 18.6.